The van der Waals surface area contributed by atoms with Gasteiger partial charge in [0.25, 0.3) is 0 Å². The topological polar surface area (TPSA) is 64.3 Å². The van der Waals surface area contributed by atoms with Gasteiger partial charge < -0.3 is 15.8 Å². The third-order valence-electron chi connectivity index (χ3n) is 1.43. The van der Waals surface area contributed by atoms with E-state index in [-0.39, 0.29) is 12.0 Å². The van der Waals surface area contributed by atoms with Crippen LogP contribution >= 0.6 is 0 Å². The molecule has 0 radical (unpaired) electrons. The van der Waals surface area contributed by atoms with Crippen LogP contribution in [0, 0.1) is 0 Å². The van der Waals surface area contributed by atoms with Gasteiger partial charge in [0.1, 0.15) is 0 Å². The molecule has 0 aromatic carbocycles. The number of rotatable bonds is 7. The van der Waals surface area contributed by atoms with E-state index in [9.17, 15) is 4.79 Å². The smallest absolute Gasteiger partial charge is 0.218 e. The molecule has 0 aliphatic carbocycles. The molecule has 72 valence electrons. The fourth-order valence-electron chi connectivity index (χ4n) is 0.860. The quantitative estimate of drug-likeness (QED) is 0.529. The van der Waals surface area contributed by atoms with Gasteiger partial charge in [-0.05, 0) is 13.8 Å². The zero-order valence-electron chi connectivity index (χ0n) is 7.80. The van der Waals surface area contributed by atoms with Gasteiger partial charge in [0.05, 0.1) is 6.10 Å². The molecule has 3 N–H and O–H groups in total. The lowest BCUT2D eigenvalue weighted by atomic mass is 10.3. The molecule has 0 aliphatic rings. The van der Waals surface area contributed by atoms with E-state index in [4.69, 9.17) is 10.5 Å². The number of carbonyl (C=O) groups is 1. The number of ether oxygens (including phenoxy) is 1. The summed E-state index contributed by atoms with van der Waals surface area (Å²) in [6.45, 7) is 6.06. The number of nitrogens with one attached hydrogen (secondary N) is 1. The molecule has 0 fully saturated rings. The van der Waals surface area contributed by atoms with E-state index in [2.05, 4.69) is 5.32 Å². The second-order valence-electron chi connectivity index (χ2n) is 2.69. The standard InChI is InChI=1S/C8H18N2O2/c1-3-12-7(2)6-10-5-4-8(9)11/h7,10H,3-6H2,1-2H3,(H2,9,11). The van der Waals surface area contributed by atoms with Crippen LogP contribution in [-0.4, -0.2) is 31.7 Å². The minimum absolute atomic E-state index is 0.197. The maximum Gasteiger partial charge on any atom is 0.218 e. The minimum atomic E-state index is -0.272. The fraction of sp³-hybridized carbons (Fsp3) is 0.875. The normalized spacial score (nSPS) is 12.8. The average molecular weight is 174 g/mol. The molecule has 1 atom stereocenters. The lowest BCUT2D eigenvalue weighted by Gasteiger charge is -2.11. The molecule has 12 heavy (non-hydrogen) atoms. The molecule has 0 rings (SSSR count). The molecular formula is C8H18N2O2. The number of amides is 1. The SMILES string of the molecule is CCOC(C)CNCCC(N)=O. The van der Waals surface area contributed by atoms with Crippen LogP contribution in [0.1, 0.15) is 20.3 Å². The maximum atomic E-state index is 10.3. The van der Waals surface area contributed by atoms with Crippen molar-refractivity contribution in [2.75, 3.05) is 19.7 Å². The molecule has 1 unspecified atom stereocenters. The highest BCUT2D eigenvalue weighted by Gasteiger charge is 1.99. The highest BCUT2D eigenvalue weighted by atomic mass is 16.5. The molecule has 4 nitrogen and oxygen atoms in total. The van der Waals surface area contributed by atoms with E-state index in [1.165, 1.54) is 0 Å². The predicted molar refractivity (Wildman–Crippen MR) is 47.8 cm³/mol. The van der Waals surface area contributed by atoms with Crippen LogP contribution < -0.4 is 11.1 Å². The van der Waals surface area contributed by atoms with Crippen LogP contribution in [0.25, 0.3) is 0 Å². The van der Waals surface area contributed by atoms with Gasteiger partial charge in [-0.3, -0.25) is 4.79 Å². The Balaban J connectivity index is 3.13. The number of nitrogens with two attached hydrogens (primary N) is 1. The Morgan fingerprint density at radius 3 is 2.83 bits per heavy atom. The summed E-state index contributed by atoms with van der Waals surface area (Å²) < 4.78 is 5.27. The summed E-state index contributed by atoms with van der Waals surface area (Å²) in [5.74, 6) is -0.272. The zero-order valence-corrected chi connectivity index (χ0v) is 7.80. The van der Waals surface area contributed by atoms with E-state index in [1.807, 2.05) is 13.8 Å². The van der Waals surface area contributed by atoms with Crippen LogP contribution in [0.3, 0.4) is 0 Å². The first-order chi connectivity index (χ1) is 5.66. The van der Waals surface area contributed by atoms with E-state index in [0.717, 1.165) is 13.2 Å². The van der Waals surface area contributed by atoms with Crippen LogP contribution in [0.4, 0.5) is 0 Å². The van der Waals surface area contributed by atoms with Crippen molar-refractivity contribution < 1.29 is 9.53 Å². The predicted octanol–water partition coefficient (Wildman–Crippen LogP) is -0.124. The second kappa shape index (κ2) is 7.06. The van der Waals surface area contributed by atoms with Crippen molar-refractivity contribution in [1.29, 1.82) is 0 Å². The molecule has 0 saturated heterocycles. The average Bonchev–Trinajstić information content (AvgIpc) is 1.98. The van der Waals surface area contributed by atoms with Gasteiger partial charge >= 0.3 is 0 Å². The number of carbonyl (C=O) groups excluding carboxylic acids is 1. The molecule has 0 aromatic rings. The van der Waals surface area contributed by atoms with Crippen molar-refractivity contribution >= 4 is 5.91 Å². The minimum Gasteiger partial charge on any atom is -0.377 e. The van der Waals surface area contributed by atoms with Crippen molar-refractivity contribution in [2.45, 2.75) is 26.4 Å². The number of hydrogen-bond acceptors (Lipinski definition) is 3. The van der Waals surface area contributed by atoms with Gasteiger partial charge in [-0.1, -0.05) is 0 Å². The Morgan fingerprint density at radius 1 is 1.67 bits per heavy atom. The van der Waals surface area contributed by atoms with E-state index in [1.54, 1.807) is 0 Å². The Kier molecular flexibility index (Phi) is 6.70. The first-order valence-electron chi connectivity index (χ1n) is 4.27. The van der Waals surface area contributed by atoms with Crippen LogP contribution in [-0.2, 0) is 9.53 Å². The highest BCUT2D eigenvalue weighted by molar-refractivity contribution is 5.73. The molecule has 0 aromatic heterocycles. The van der Waals surface area contributed by atoms with Crippen molar-refractivity contribution in [3.05, 3.63) is 0 Å². The number of primary amides is 1. The molecular weight excluding hydrogens is 156 g/mol. The van der Waals surface area contributed by atoms with Gasteiger partial charge in [-0.25, -0.2) is 0 Å². The highest BCUT2D eigenvalue weighted by Crippen LogP contribution is 1.86. The van der Waals surface area contributed by atoms with Crippen LogP contribution in [0.5, 0.6) is 0 Å². The van der Waals surface area contributed by atoms with Crippen LogP contribution in [0.15, 0.2) is 0 Å². The lowest BCUT2D eigenvalue weighted by molar-refractivity contribution is -0.117. The summed E-state index contributed by atoms with van der Waals surface area (Å²) in [4.78, 5) is 10.3. The number of hydrogen-bond donors (Lipinski definition) is 2. The van der Waals surface area contributed by atoms with E-state index in [0.29, 0.717) is 13.0 Å². The van der Waals surface area contributed by atoms with Crippen molar-refractivity contribution in [2.24, 2.45) is 5.73 Å². The van der Waals surface area contributed by atoms with Crippen LogP contribution in [0.2, 0.25) is 0 Å². The zero-order chi connectivity index (χ0) is 9.40. The first-order valence-corrected chi connectivity index (χ1v) is 4.27. The maximum absolute atomic E-state index is 10.3. The van der Waals surface area contributed by atoms with Gasteiger partial charge in [0, 0.05) is 26.1 Å². The largest absolute Gasteiger partial charge is 0.377 e. The molecule has 0 saturated carbocycles. The molecule has 0 spiro atoms. The monoisotopic (exact) mass is 174 g/mol. The molecule has 0 aliphatic heterocycles. The summed E-state index contributed by atoms with van der Waals surface area (Å²) in [7, 11) is 0. The lowest BCUT2D eigenvalue weighted by Crippen LogP contribution is -2.29. The second-order valence-corrected chi connectivity index (χ2v) is 2.69. The van der Waals surface area contributed by atoms with Crippen molar-refractivity contribution in [1.82, 2.24) is 5.32 Å². The van der Waals surface area contributed by atoms with Gasteiger partial charge in [0.2, 0.25) is 5.91 Å². The van der Waals surface area contributed by atoms with Gasteiger partial charge in [-0.15, -0.1) is 0 Å². The summed E-state index contributed by atoms with van der Waals surface area (Å²) in [6.07, 6.45) is 0.585. The molecule has 0 bridgehead atoms. The Morgan fingerprint density at radius 2 is 2.33 bits per heavy atom. The molecule has 4 heteroatoms. The van der Waals surface area contributed by atoms with Gasteiger partial charge in [0.15, 0.2) is 0 Å². The summed E-state index contributed by atoms with van der Waals surface area (Å²) in [5.41, 5.74) is 4.96. The molecule has 0 heterocycles. The first kappa shape index (κ1) is 11.4. The fourth-order valence-corrected chi connectivity index (χ4v) is 0.860. The van der Waals surface area contributed by atoms with Crippen molar-refractivity contribution in [3.8, 4) is 0 Å². The third-order valence-corrected chi connectivity index (χ3v) is 1.43. The summed E-state index contributed by atoms with van der Waals surface area (Å²) in [6, 6.07) is 0. The molecule has 1 amide bonds. The van der Waals surface area contributed by atoms with E-state index < -0.39 is 0 Å². The Hall–Kier alpha value is -0.610. The summed E-state index contributed by atoms with van der Waals surface area (Å²) in [5, 5.41) is 3.08. The van der Waals surface area contributed by atoms with Gasteiger partial charge in [-0.2, -0.15) is 0 Å². The van der Waals surface area contributed by atoms with Crippen molar-refractivity contribution in [3.63, 3.8) is 0 Å². The Bertz CT molecular complexity index is 128. The summed E-state index contributed by atoms with van der Waals surface area (Å²) >= 11 is 0. The third kappa shape index (κ3) is 7.50. The Labute approximate surface area is 73.5 Å². The van der Waals surface area contributed by atoms with E-state index >= 15 is 0 Å².